The summed E-state index contributed by atoms with van der Waals surface area (Å²) in [5.41, 5.74) is 0.545. The Morgan fingerprint density at radius 2 is 1.97 bits per heavy atom. The molecule has 0 radical (unpaired) electrons. The van der Waals surface area contributed by atoms with Crippen LogP contribution < -0.4 is 19.9 Å². The van der Waals surface area contributed by atoms with Crippen molar-refractivity contribution < 1.29 is 27.8 Å². The topological polar surface area (TPSA) is 110 Å². The number of nitrogens with one attached hydrogen (secondary N) is 1. The molecule has 0 fully saturated rings. The minimum Gasteiger partial charge on any atom is -0.494 e. The molecule has 1 amide bonds. The van der Waals surface area contributed by atoms with Crippen LogP contribution in [0.4, 0.5) is 31.9 Å². The van der Waals surface area contributed by atoms with Crippen molar-refractivity contribution in [2.45, 2.75) is 25.8 Å². The summed E-state index contributed by atoms with van der Waals surface area (Å²) in [6.45, 7) is 2.64. The maximum absolute atomic E-state index is 14.4. The lowest BCUT2D eigenvalue weighted by Crippen LogP contribution is -2.47. The van der Waals surface area contributed by atoms with Gasteiger partial charge in [0.15, 0.2) is 11.5 Å². The van der Waals surface area contributed by atoms with Crippen molar-refractivity contribution in [2.24, 2.45) is 0 Å². The van der Waals surface area contributed by atoms with Crippen LogP contribution in [0, 0.1) is 0 Å². The molecule has 3 rings (SSSR count). The highest BCUT2D eigenvalue weighted by Crippen LogP contribution is 2.37. The van der Waals surface area contributed by atoms with Crippen LogP contribution in [0.5, 0.6) is 5.75 Å². The average molecular weight is 436 g/mol. The summed E-state index contributed by atoms with van der Waals surface area (Å²) >= 11 is 0. The normalized spacial score (nSPS) is 15.4. The van der Waals surface area contributed by atoms with Crippen molar-refractivity contribution in [1.82, 2.24) is 15.0 Å². The van der Waals surface area contributed by atoms with E-state index in [1.54, 1.807) is 13.8 Å². The molecule has 1 N–H and O–H groups in total. The van der Waals surface area contributed by atoms with E-state index in [0.29, 0.717) is 5.69 Å². The minimum absolute atomic E-state index is 0.0427. The van der Waals surface area contributed by atoms with Crippen molar-refractivity contribution >= 4 is 35.0 Å². The second kappa shape index (κ2) is 8.28. The maximum atomic E-state index is 14.4. The number of esters is 1. The molecule has 31 heavy (non-hydrogen) atoms. The van der Waals surface area contributed by atoms with Gasteiger partial charge in [0.1, 0.15) is 17.1 Å². The monoisotopic (exact) mass is 436 g/mol. The summed E-state index contributed by atoms with van der Waals surface area (Å²) in [5.74, 6) is -5.02. The molecule has 1 aliphatic rings. The van der Waals surface area contributed by atoms with E-state index in [-0.39, 0.29) is 34.9 Å². The largest absolute Gasteiger partial charge is 0.494 e. The number of halogens is 2. The number of amides is 1. The predicted molar refractivity (Wildman–Crippen MR) is 108 cm³/mol. The standard InChI is InChI=1S/C19H22F2N6O4/c1-10(2)27-9-19(20,21)17(29)26(3)13-8-23-18(25-15(13)27)24-12-7-22-11(16(28)31-5)6-14(12)30-4/h6-8,10H,9H2,1-5H3,(H,23,24,25). The van der Waals surface area contributed by atoms with Gasteiger partial charge in [-0.15, -0.1) is 0 Å². The summed E-state index contributed by atoms with van der Waals surface area (Å²) in [4.78, 5) is 38.6. The van der Waals surface area contributed by atoms with Crippen molar-refractivity contribution in [2.75, 3.05) is 42.9 Å². The van der Waals surface area contributed by atoms with Gasteiger partial charge in [-0.1, -0.05) is 0 Å². The maximum Gasteiger partial charge on any atom is 0.356 e. The van der Waals surface area contributed by atoms with Crippen LogP contribution in [0.1, 0.15) is 24.3 Å². The Balaban J connectivity index is 2.01. The van der Waals surface area contributed by atoms with E-state index < -0.39 is 24.3 Å². The molecule has 166 valence electrons. The summed E-state index contributed by atoms with van der Waals surface area (Å²) in [6.07, 6.45) is 2.63. The van der Waals surface area contributed by atoms with E-state index in [1.807, 2.05) is 0 Å². The lowest BCUT2D eigenvalue weighted by Gasteiger charge is -2.29. The van der Waals surface area contributed by atoms with E-state index in [9.17, 15) is 18.4 Å². The van der Waals surface area contributed by atoms with Gasteiger partial charge in [-0.25, -0.2) is 14.8 Å². The summed E-state index contributed by atoms with van der Waals surface area (Å²) in [6, 6.07) is 1.02. The summed E-state index contributed by atoms with van der Waals surface area (Å²) in [5, 5.41) is 2.90. The molecule has 1 aliphatic heterocycles. The van der Waals surface area contributed by atoms with E-state index >= 15 is 0 Å². The molecule has 2 aromatic heterocycles. The number of anilines is 4. The number of methoxy groups -OCH3 is 2. The quantitative estimate of drug-likeness (QED) is 0.706. The third-order valence-corrected chi connectivity index (χ3v) is 4.72. The molecule has 0 saturated carbocycles. The van der Waals surface area contributed by atoms with Crippen molar-refractivity contribution in [3.8, 4) is 5.75 Å². The number of carbonyl (C=O) groups is 2. The zero-order valence-corrected chi connectivity index (χ0v) is 17.6. The van der Waals surface area contributed by atoms with Gasteiger partial charge in [-0.2, -0.15) is 13.8 Å². The van der Waals surface area contributed by atoms with Crippen LogP contribution in [0.3, 0.4) is 0 Å². The number of hydrogen-bond donors (Lipinski definition) is 1. The Kier molecular flexibility index (Phi) is 5.91. The predicted octanol–water partition coefficient (Wildman–Crippen LogP) is 2.24. The van der Waals surface area contributed by atoms with Crippen LogP contribution in [-0.4, -0.2) is 66.6 Å². The van der Waals surface area contributed by atoms with Crippen molar-refractivity contribution in [3.63, 3.8) is 0 Å². The third kappa shape index (κ3) is 4.18. The molecular weight excluding hydrogens is 414 g/mol. The first kappa shape index (κ1) is 22.1. The molecule has 0 aromatic carbocycles. The van der Waals surface area contributed by atoms with E-state index in [1.165, 1.54) is 44.6 Å². The van der Waals surface area contributed by atoms with Gasteiger partial charge in [0.2, 0.25) is 5.95 Å². The molecule has 0 atom stereocenters. The Morgan fingerprint density at radius 3 is 2.58 bits per heavy atom. The lowest BCUT2D eigenvalue weighted by molar-refractivity contribution is -0.140. The van der Waals surface area contributed by atoms with E-state index in [0.717, 1.165) is 4.90 Å². The first-order chi connectivity index (χ1) is 14.6. The molecule has 0 saturated heterocycles. The number of rotatable bonds is 5. The third-order valence-electron chi connectivity index (χ3n) is 4.72. The number of alkyl halides is 2. The number of hydrogen-bond acceptors (Lipinski definition) is 9. The highest BCUT2D eigenvalue weighted by atomic mass is 19.3. The fourth-order valence-electron chi connectivity index (χ4n) is 3.05. The molecule has 3 heterocycles. The summed E-state index contributed by atoms with van der Waals surface area (Å²) in [7, 11) is 3.90. The van der Waals surface area contributed by atoms with Gasteiger partial charge in [0.25, 0.3) is 5.91 Å². The first-order valence-corrected chi connectivity index (χ1v) is 9.28. The fraction of sp³-hybridized carbons (Fsp3) is 0.421. The van der Waals surface area contributed by atoms with Crippen LogP contribution in [0.25, 0.3) is 0 Å². The number of nitrogens with zero attached hydrogens (tertiary/aromatic N) is 5. The number of carbonyl (C=O) groups excluding carboxylic acids is 2. The van der Waals surface area contributed by atoms with Gasteiger partial charge >= 0.3 is 11.9 Å². The second-order valence-corrected chi connectivity index (χ2v) is 7.08. The first-order valence-electron chi connectivity index (χ1n) is 9.28. The lowest BCUT2D eigenvalue weighted by atomic mass is 10.2. The highest BCUT2D eigenvalue weighted by Gasteiger charge is 2.47. The zero-order valence-electron chi connectivity index (χ0n) is 17.6. The fourth-order valence-corrected chi connectivity index (χ4v) is 3.05. The molecule has 0 bridgehead atoms. The average Bonchev–Trinajstić information content (AvgIpc) is 2.82. The number of pyridine rings is 1. The van der Waals surface area contributed by atoms with Gasteiger partial charge in [-0.3, -0.25) is 4.79 Å². The number of ether oxygens (including phenoxy) is 2. The van der Waals surface area contributed by atoms with Crippen LogP contribution in [0.2, 0.25) is 0 Å². The number of aromatic nitrogens is 3. The molecule has 12 heteroatoms. The van der Waals surface area contributed by atoms with Crippen LogP contribution in [0.15, 0.2) is 18.5 Å². The Hall–Kier alpha value is -3.57. The van der Waals surface area contributed by atoms with Crippen LogP contribution in [-0.2, 0) is 9.53 Å². The highest BCUT2D eigenvalue weighted by molar-refractivity contribution is 6.02. The van der Waals surface area contributed by atoms with Crippen LogP contribution >= 0.6 is 0 Å². The van der Waals surface area contributed by atoms with Gasteiger partial charge < -0.3 is 24.6 Å². The van der Waals surface area contributed by atoms with Gasteiger partial charge in [-0.05, 0) is 13.8 Å². The summed E-state index contributed by atoms with van der Waals surface area (Å²) < 4.78 is 38.7. The molecule has 10 nitrogen and oxygen atoms in total. The Labute approximate surface area is 177 Å². The van der Waals surface area contributed by atoms with E-state index in [2.05, 4.69) is 25.0 Å². The van der Waals surface area contributed by atoms with E-state index in [4.69, 9.17) is 4.74 Å². The minimum atomic E-state index is -3.58. The van der Waals surface area contributed by atoms with Crippen molar-refractivity contribution in [3.05, 3.63) is 24.2 Å². The van der Waals surface area contributed by atoms with Crippen molar-refractivity contribution in [1.29, 1.82) is 0 Å². The SMILES string of the molecule is COC(=O)c1cc(OC)c(Nc2ncc3c(n2)N(C(C)C)CC(F)(F)C(=O)N3C)cn1. The molecular formula is C19H22F2N6O4. The molecule has 0 aliphatic carbocycles. The molecule has 0 spiro atoms. The Bertz CT molecular complexity index is 1020. The zero-order chi connectivity index (χ0) is 22.9. The smallest absolute Gasteiger partial charge is 0.356 e. The number of fused-ring (bicyclic) bond motifs is 1. The molecule has 2 aromatic rings. The van der Waals surface area contributed by atoms with Gasteiger partial charge in [0.05, 0.1) is 33.2 Å². The molecule has 0 unspecified atom stereocenters. The second-order valence-electron chi connectivity index (χ2n) is 7.08. The van der Waals surface area contributed by atoms with Gasteiger partial charge in [0, 0.05) is 19.2 Å². The Morgan fingerprint density at radius 1 is 1.26 bits per heavy atom.